The van der Waals surface area contributed by atoms with Crippen LogP contribution in [0.2, 0.25) is 5.02 Å². The number of benzene rings is 2. The first-order chi connectivity index (χ1) is 14.9. The zero-order chi connectivity index (χ0) is 22.4. The smallest absolute Gasteiger partial charge is 0.335 e. The number of nitrogens with zero attached hydrogens (tertiary/aromatic N) is 1. The molecule has 0 spiro atoms. The Bertz CT molecular complexity index is 1020. The molecule has 0 saturated carbocycles. The molecule has 1 aliphatic rings. The summed E-state index contributed by atoms with van der Waals surface area (Å²) in [6, 6.07) is 10.8. The maximum atomic E-state index is 13.1. The van der Waals surface area contributed by atoms with E-state index >= 15 is 0 Å². The largest absolute Gasteiger partial charge is 0.493 e. The lowest BCUT2D eigenvalue weighted by atomic mass is 10.1. The van der Waals surface area contributed by atoms with Crippen molar-refractivity contribution in [2.24, 2.45) is 0 Å². The number of anilines is 1. The molecule has 4 amide bonds. The lowest BCUT2D eigenvalue weighted by Crippen LogP contribution is -2.54. The average molecular weight is 506 g/mol. The summed E-state index contributed by atoms with van der Waals surface area (Å²) in [5.74, 6) is -0.969. The van der Waals surface area contributed by atoms with Crippen LogP contribution in [0.1, 0.15) is 38.2 Å². The molecule has 0 aliphatic carbocycles. The summed E-state index contributed by atoms with van der Waals surface area (Å²) in [5.41, 5.74) is 0.662. The monoisotopic (exact) mass is 504 g/mol. The molecule has 0 bridgehead atoms. The number of barbiturate groups is 1. The number of ether oxygens (including phenoxy) is 1. The van der Waals surface area contributed by atoms with Crippen LogP contribution in [0.15, 0.2) is 52.5 Å². The van der Waals surface area contributed by atoms with Gasteiger partial charge in [0.05, 0.1) is 12.3 Å². The van der Waals surface area contributed by atoms with E-state index in [1.54, 1.807) is 42.5 Å². The van der Waals surface area contributed by atoms with Gasteiger partial charge in [0.15, 0.2) is 0 Å². The van der Waals surface area contributed by atoms with Crippen molar-refractivity contribution in [3.8, 4) is 5.75 Å². The molecule has 0 aromatic heterocycles. The topological polar surface area (TPSA) is 75.7 Å². The Labute approximate surface area is 194 Å². The number of imide groups is 2. The van der Waals surface area contributed by atoms with Gasteiger partial charge in [0, 0.05) is 15.1 Å². The third kappa shape index (κ3) is 5.74. The Kier molecular flexibility index (Phi) is 7.87. The lowest BCUT2D eigenvalue weighted by molar-refractivity contribution is -0.122. The number of rotatable bonds is 8. The Hall–Kier alpha value is -2.64. The first kappa shape index (κ1) is 23.0. The van der Waals surface area contributed by atoms with E-state index in [9.17, 15) is 14.4 Å². The molecule has 1 fully saturated rings. The molecule has 1 N–H and O–H groups in total. The van der Waals surface area contributed by atoms with Crippen molar-refractivity contribution in [3.63, 3.8) is 0 Å². The Morgan fingerprint density at radius 2 is 1.81 bits per heavy atom. The van der Waals surface area contributed by atoms with Gasteiger partial charge in [-0.1, -0.05) is 53.7 Å². The second-order valence-electron chi connectivity index (χ2n) is 7.03. The number of nitrogens with one attached hydrogen (secondary N) is 1. The quantitative estimate of drug-likeness (QED) is 0.282. The van der Waals surface area contributed by atoms with Crippen LogP contribution in [0, 0.1) is 0 Å². The second-order valence-corrected chi connectivity index (χ2v) is 8.38. The van der Waals surface area contributed by atoms with Crippen molar-refractivity contribution in [1.29, 1.82) is 0 Å². The van der Waals surface area contributed by atoms with Gasteiger partial charge in [-0.2, -0.15) is 0 Å². The number of halogens is 2. The highest BCUT2D eigenvalue weighted by Gasteiger charge is 2.37. The molecule has 31 heavy (non-hydrogen) atoms. The van der Waals surface area contributed by atoms with Crippen LogP contribution >= 0.6 is 27.5 Å². The molecule has 1 heterocycles. The number of carbonyl (C=O) groups excluding carboxylic acids is 3. The Morgan fingerprint density at radius 1 is 1.06 bits per heavy atom. The zero-order valence-electron chi connectivity index (χ0n) is 17.0. The van der Waals surface area contributed by atoms with Crippen LogP contribution in [-0.4, -0.2) is 24.5 Å². The molecule has 0 unspecified atom stereocenters. The van der Waals surface area contributed by atoms with Gasteiger partial charge in [0.25, 0.3) is 11.8 Å². The maximum Gasteiger partial charge on any atom is 0.335 e. The van der Waals surface area contributed by atoms with E-state index in [2.05, 4.69) is 28.2 Å². The predicted molar refractivity (Wildman–Crippen MR) is 124 cm³/mol. The van der Waals surface area contributed by atoms with Crippen molar-refractivity contribution in [1.82, 2.24) is 5.32 Å². The average Bonchev–Trinajstić information content (AvgIpc) is 2.73. The fraction of sp³-hybridized carbons (Fsp3) is 0.261. The molecule has 3 rings (SSSR count). The summed E-state index contributed by atoms with van der Waals surface area (Å²) < 4.78 is 6.66. The Balaban J connectivity index is 1.89. The van der Waals surface area contributed by atoms with E-state index in [0.29, 0.717) is 28.6 Å². The van der Waals surface area contributed by atoms with E-state index in [1.165, 1.54) is 6.08 Å². The maximum absolute atomic E-state index is 13.1. The first-order valence-electron chi connectivity index (χ1n) is 10.00. The van der Waals surface area contributed by atoms with Gasteiger partial charge in [0.1, 0.15) is 11.3 Å². The highest BCUT2D eigenvalue weighted by molar-refractivity contribution is 9.10. The summed E-state index contributed by atoms with van der Waals surface area (Å²) in [5, 5.41) is 2.66. The number of amides is 4. The van der Waals surface area contributed by atoms with E-state index < -0.39 is 17.8 Å². The standard InChI is InChI=1S/C23H22BrClN2O4/c1-2-3-4-5-12-31-20-11-8-17(25)13-15(20)14-19-21(28)26-23(30)27(22(19)29)18-9-6-16(24)7-10-18/h6-11,13-14H,2-5,12H2,1H3,(H,26,28,30)/b19-14+. The number of unbranched alkanes of at least 4 members (excludes halogenated alkanes) is 3. The van der Waals surface area contributed by atoms with Crippen molar-refractivity contribution >= 4 is 57.1 Å². The number of hydrogen-bond donors (Lipinski definition) is 1. The van der Waals surface area contributed by atoms with Crippen molar-refractivity contribution < 1.29 is 19.1 Å². The summed E-state index contributed by atoms with van der Waals surface area (Å²) in [7, 11) is 0. The normalized spacial score (nSPS) is 15.4. The van der Waals surface area contributed by atoms with Crippen molar-refractivity contribution in [2.45, 2.75) is 32.6 Å². The van der Waals surface area contributed by atoms with E-state index in [1.807, 2.05) is 0 Å². The summed E-state index contributed by atoms with van der Waals surface area (Å²) in [4.78, 5) is 38.8. The number of carbonyl (C=O) groups is 3. The molecule has 162 valence electrons. The van der Waals surface area contributed by atoms with Crippen LogP contribution in [0.25, 0.3) is 6.08 Å². The first-order valence-corrected chi connectivity index (χ1v) is 11.2. The fourth-order valence-corrected chi connectivity index (χ4v) is 3.56. The summed E-state index contributed by atoms with van der Waals surface area (Å²) in [6.45, 7) is 2.65. The van der Waals surface area contributed by atoms with Gasteiger partial charge < -0.3 is 4.74 Å². The van der Waals surface area contributed by atoms with E-state index in [0.717, 1.165) is 35.1 Å². The third-order valence-corrected chi connectivity index (χ3v) is 5.48. The zero-order valence-corrected chi connectivity index (χ0v) is 19.3. The molecule has 0 atom stereocenters. The van der Waals surface area contributed by atoms with Gasteiger partial charge in [-0.3, -0.25) is 14.9 Å². The minimum Gasteiger partial charge on any atom is -0.493 e. The lowest BCUT2D eigenvalue weighted by Gasteiger charge is -2.26. The predicted octanol–water partition coefficient (Wildman–Crippen LogP) is 5.73. The summed E-state index contributed by atoms with van der Waals surface area (Å²) in [6.07, 6.45) is 5.63. The minimum atomic E-state index is -0.798. The van der Waals surface area contributed by atoms with Gasteiger partial charge in [-0.05, 0) is 55.0 Å². The molecule has 1 aliphatic heterocycles. The van der Waals surface area contributed by atoms with Gasteiger partial charge in [0.2, 0.25) is 0 Å². The molecule has 0 radical (unpaired) electrons. The minimum absolute atomic E-state index is 0.180. The van der Waals surface area contributed by atoms with Crippen LogP contribution in [0.3, 0.4) is 0 Å². The van der Waals surface area contributed by atoms with Crippen molar-refractivity contribution in [3.05, 3.63) is 63.1 Å². The molecular weight excluding hydrogens is 484 g/mol. The highest BCUT2D eigenvalue weighted by Crippen LogP contribution is 2.28. The number of hydrogen-bond acceptors (Lipinski definition) is 4. The van der Waals surface area contributed by atoms with Crippen molar-refractivity contribution in [2.75, 3.05) is 11.5 Å². The van der Waals surface area contributed by atoms with Gasteiger partial charge in [-0.15, -0.1) is 0 Å². The SMILES string of the molecule is CCCCCCOc1ccc(Cl)cc1/C=C1\C(=O)NC(=O)N(c2ccc(Br)cc2)C1=O. The van der Waals surface area contributed by atoms with Gasteiger partial charge >= 0.3 is 6.03 Å². The number of urea groups is 1. The highest BCUT2D eigenvalue weighted by atomic mass is 79.9. The molecular formula is C23H22BrClN2O4. The van der Waals surface area contributed by atoms with Gasteiger partial charge in [-0.25, -0.2) is 9.69 Å². The van der Waals surface area contributed by atoms with Crippen LogP contribution in [-0.2, 0) is 9.59 Å². The van der Waals surface area contributed by atoms with Crippen LogP contribution < -0.4 is 15.0 Å². The van der Waals surface area contributed by atoms with E-state index in [4.69, 9.17) is 16.3 Å². The van der Waals surface area contributed by atoms with Crippen LogP contribution in [0.4, 0.5) is 10.5 Å². The fourth-order valence-electron chi connectivity index (χ4n) is 3.11. The summed E-state index contributed by atoms with van der Waals surface area (Å²) >= 11 is 9.45. The third-order valence-electron chi connectivity index (χ3n) is 4.71. The molecule has 6 nitrogen and oxygen atoms in total. The molecule has 1 saturated heterocycles. The molecule has 8 heteroatoms. The molecule has 2 aromatic carbocycles. The van der Waals surface area contributed by atoms with Crippen LogP contribution in [0.5, 0.6) is 5.75 Å². The molecule has 2 aromatic rings. The second kappa shape index (κ2) is 10.6. The Morgan fingerprint density at radius 3 is 2.52 bits per heavy atom. The van der Waals surface area contributed by atoms with E-state index in [-0.39, 0.29) is 5.57 Å².